The Labute approximate surface area is 150 Å². The standard InChI is InChI=1S/C16H15F4N3O2S/c1-8-5-15(2,17)4-3-9(8)11-7-26-14(22-11)23-12(16(18,19)20)10(6-21-23)13(24)25/h3-4,6-9H,5H2,1-2H3,(H,24,25). The minimum absolute atomic E-state index is 0.0840. The molecule has 0 fully saturated rings. The molecule has 2 aromatic heterocycles. The van der Waals surface area contributed by atoms with Gasteiger partial charge in [0.15, 0.2) is 5.69 Å². The van der Waals surface area contributed by atoms with E-state index in [2.05, 4.69) is 10.1 Å². The van der Waals surface area contributed by atoms with E-state index in [0.29, 0.717) is 16.6 Å². The molecule has 2 aromatic rings. The van der Waals surface area contributed by atoms with Crippen LogP contribution in [0.2, 0.25) is 0 Å². The molecular formula is C16H15F4N3O2S. The number of carboxylic acids is 1. The highest BCUT2D eigenvalue weighted by Gasteiger charge is 2.41. The fraction of sp³-hybridized carbons (Fsp3) is 0.438. The van der Waals surface area contributed by atoms with Crippen molar-refractivity contribution < 1.29 is 27.5 Å². The predicted octanol–water partition coefficient (Wildman–Crippen LogP) is 4.45. The number of aromatic nitrogens is 3. The van der Waals surface area contributed by atoms with Crippen LogP contribution in [-0.4, -0.2) is 31.5 Å². The van der Waals surface area contributed by atoms with Gasteiger partial charge in [0.2, 0.25) is 5.13 Å². The number of halogens is 4. The SMILES string of the molecule is CC1CC(C)(F)C=CC1c1csc(-n2ncc(C(=O)O)c2C(F)(F)F)n1. The van der Waals surface area contributed by atoms with Crippen molar-refractivity contribution in [2.45, 2.75) is 38.0 Å². The Kier molecular flexibility index (Phi) is 4.41. The summed E-state index contributed by atoms with van der Waals surface area (Å²) in [4.78, 5) is 15.3. The van der Waals surface area contributed by atoms with Gasteiger partial charge in [-0.15, -0.1) is 11.3 Å². The monoisotopic (exact) mass is 389 g/mol. The third-order valence-electron chi connectivity index (χ3n) is 4.29. The number of allylic oxidation sites excluding steroid dienone is 2. The lowest BCUT2D eigenvalue weighted by atomic mass is 9.78. The van der Waals surface area contributed by atoms with E-state index in [1.165, 1.54) is 13.0 Å². The summed E-state index contributed by atoms with van der Waals surface area (Å²) in [7, 11) is 0. The molecule has 0 aromatic carbocycles. The Bertz CT molecular complexity index is 869. The van der Waals surface area contributed by atoms with Gasteiger partial charge in [0.25, 0.3) is 0 Å². The Morgan fingerprint density at radius 1 is 1.46 bits per heavy atom. The van der Waals surface area contributed by atoms with E-state index < -0.39 is 29.1 Å². The average molecular weight is 389 g/mol. The topological polar surface area (TPSA) is 68.0 Å². The number of alkyl halides is 4. The fourth-order valence-electron chi connectivity index (χ4n) is 3.16. The van der Waals surface area contributed by atoms with Crippen molar-refractivity contribution in [3.05, 3.63) is 40.7 Å². The van der Waals surface area contributed by atoms with Gasteiger partial charge >= 0.3 is 12.1 Å². The van der Waals surface area contributed by atoms with Crippen molar-refractivity contribution in [1.29, 1.82) is 0 Å². The van der Waals surface area contributed by atoms with Gasteiger partial charge in [-0.1, -0.05) is 19.1 Å². The molecule has 26 heavy (non-hydrogen) atoms. The molecule has 140 valence electrons. The van der Waals surface area contributed by atoms with Crippen molar-refractivity contribution in [2.75, 3.05) is 0 Å². The van der Waals surface area contributed by atoms with Crippen LogP contribution in [0.3, 0.4) is 0 Å². The summed E-state index contributed by atoms with van der Waals surface area (Å²) < 4.78 is 54.4. The number of hydrogen-bond acceptors (Lipinski definition) is 4. The Morgan fingerprint density at radius 3 is 2.73 bits per heavy atom. The largest absolute Gasteiger partial charge is 0.478 e. The molecule has 1 aliphatic rings. The summed E-state index contributed by atoms with van der Waals surface area (Å²) >= 11 is 0.922. The molecule has 2 heterocycles. The second kappa shape index (κ2) is 6.19. The maximum absolute atomic E-state index is 14.0. The van der Waals surface area contributed by atoms with E-state index in [0.717, 1.165) is 11.3 Å². The number of carbonyl (C=O) groups is 1. The van der Waals surface area contributed by atoms with Gasteiger partial charge in [-0.2, -0.15) is 18.3 Å². The van der Waals surface area contributed by atoms with Crippen molar-refractivity contribution in [3.63, 3.8) is 0 Å². The third kappa shape index (κ3) is 3.37. The summed E-state index contributed by atoms with van der Waals surface area (Å²) in [5, 5.41) is 14.0. The van der Waals surface area contributed by atoms with Crippen LogP contribution >= 0.6 is 11.3 Å². The average Bonchev–Trinajstić information content (AvgIpc) is 3.11. The molecule has 1 aliphatic carbocycles. The van der Waals surface area contributed by atoms with E-state index in [1.807, 2.05) is 6.92 Å². The zero-order chi connectivity index (χ0) is 19.3. The van der Waals surface area contributed by atoms with Gasteiger partial charge in [0.1, 0.15) is 11.2 Å². The molecule has 3 rings (SSSR count). The molecule has 10 heteroatoms. The number of nitrogens with zero attached hydrogens (tertiary/aromatic N) is 3. The van der Waals surface area contributed by atoms with E-state index in [-0.39, 0.29) is 23.4 Å². The van der Waals surface area contributed by atoms with Crippen LogP contribution in [0.15, 0.2) is 23.7 Å². The molecule has 1 N–H and O–H groups in total. The minimum atomic E-state index is -4.90. The second-order valence-electron chi connectivity index (χ2n) is 6.52. The van der Waals surface area contributed by atoms with E-state index >= 15 is 0 Å². The highest BCUT2D eigenvalue weighted by Crippen LogP contribution is 2.40. The highest BCUT2D eigenvalue weighted by atomic mass is 32.1. The molecule has 0 bridgehead atoms. The predicted molar refractivity (Wildman–Crippen MR) is 86.4 cm³/mol. The first-order valence-electron chi connectivity index (χ1n) is 7.72. The first-order chi connectivity index (χ1) is 12.0. The number of thiazole rings is 1. The van der Waals surface area contributed by atoms with Gasteiger partial charge in [0.05, 0.1) is 11.9 Å². The molecule has 0 amide bonds. The smallest absolute Gasteiger partial charge is 0.434 e. The van der Waals surface area contributed by atoms with Gasteiger partial charge in [0, 0.05) is 11.3 Å². The molecule has 3 atom stereocenters. The first-order valence-corrected chi connectivity index (χ1v) is 8.60. The van der Waals surface area contributed by atoms with Crippen LogP contribution < -0.4 is 0 Å². The van der Waals surface area contributed by atoms with Crippen LogP contribution in [0.4, 0.5) is 17.6 Å². The van der Waals surface area contributed by atoms with Gasteiger partial charge < -0.3 is 5.11 Å². The van der Waals surface area contributed by atoms with Crippen LogP contribution in [0.5, 0.6) is 0 Å². The molecule has 0 aliphatic heterocycles. The molecule has 0 spiro atoms. The lowest BCUT2D eigenvalue weighted by molar-refractivity contribution is -0.143. The Balaban J connectivity index is 2.01. The maximum atomic E-state index is 14.0. The van der Waals surface area contributed by atoms with E-state index in [1.54, 1.807) is 11.5 Å². The van der Waals surface area contributed by atoms with Crippen molar-refractivity contribution in [1.82, 2.24) is 14.8 Å². The van der Waals surface area contributed by atoms with Crippen LogP contribution in [0.1, 0.15) is 47.9 Å². The van der Waals surface area contributed by atoms with E-state index in [9.17, 15) is 22.4 Å². The molecule has 3 unspecified atom stereocenters. The second-order valence-corrected chi connectivity index (χ2v) is 7.36. The van der Waals surface area contributed by atoms with Gasteiger partial charge in [-0.3, -0.25) is 0 Å². The van der Waals surface area contributed by atoms with Crippen molar-refractivity contribution in [3.8, 4) is 5.13 Å². The Morgan fingerprint density at radius 2 is 2.15 bits per heavy atom. The molecule has 0 saturated heterocycles. The molecular weight excluding hydrogens is 374 g/mol. The Hall–Kier alpha value is -2.23. The fourth-order valence-corrected chi connectivity index (χ4v) is 3.99. The van der Waals surface area contributed by atoms with Gasteiger partial charge in [-0.25, -0.2) is 18.9 Å². The lowest BCUT2D eigenvalue weighted by Gasteiger charge is -2.30. The van der Waals surface area contributed by atoms with Crippen LogP contribution in [-0.2, 0) is 6.18 Å². The summed E-state index contributed by atoms with van der Waals surface area (Å²) in [6, 6.07) is 0. The number of rotatable bonds is 3. The lowest BCUT2D eigenvalue weighted by Crippen LogP contribution is -2.26. The first kappa shape index (κ1) is 18.6. The minimum Gasteiger partial charge on any atom is -0.478 e. The number of hydrogen-bond donors (Lipinski definition) is 1. The summed E-state index contributed by atoms with van der Waals surface area (Å²) in [6.45, 7) is 3.32. The summed E-state index contributed by atoms with van der Waals surface area (Å²) in [5.41, 5.74) is -3.23. The van der Waals surface area contributed by atoms with Crippen LogP contribution in [0, 0.1) is 5.92 Å². The molecule has 0 radical (unpaired) electrons. The number of carboxylic acid groups (broad SMARTS) is 1. The van der Waals surface area contributed by atoms with Gasteiger partial charge in [-0.05, 0) is 19.3 Å². The summed E-state index contributed by atoms with van der Waals surface area (Å²) in [5.74, 6) is -2.03. The summed E-state index contributed by atoms with van der Waals surface area (Å²) in [6.07, 6.45) is -0.856. The van der Waals surface area contributed by atoms with Crippen molar-refractivity contribution in [2.24, 2.45) is 5.92 Å². The third-order valence-corrected chi connectivity index (χ3v) is 5.12. The highest BCUT2D eigenvalue weighted by molar-refractivity contribution is 7.12. The number of aromatic carboxylic acids is 1. The quantitative estimate of drug-likeness (QED) is 0.622. The molecule has 0 saturated carbocycles. The maximum Gasteiger partial charge on any atom is 0.434 e. The normalized spacial score (nSPS) is 26.2. The van der Waals surface area contributed by atoms with E-state index in [4.69, 9.17) is 5.11 Å². The van der Waals surface area contributed by atoms with Crippen LogP contribution in [0.25, 0.3) is 5.13 Å². The zero-order valence-electron chi connectivity index (χ0n) is 13.8. The zero-order valence-corrected chi connectivity index (χ0v) is 14.6. The molecule has 5 nitrogen and oxygen atoms in total. The van der Waals surface area contributed by atoms with Crippen molar-refractivity contribution >= 4 is 17.3 Å².